The van der Waals surface area contributed by atoms with Gasteiger partial charge in [-0.1, -0.05) is 19.1 Å². The van der Waals surface area contributed by atoms with Crippen molar-refractivity contribution in [1.82, 2.24) is 4.31 Å². The van der Waals surface area contributed by atoms with Crippen LogP contribution in [-0.2, 0) is 6.42 Å². The van der Waals surface area contributed by atoms with E-state index >= 15 is 0 Å². The number of para-hydroxylation sites is 1. The molecule has 1 heterocycles. The monoisotopic (exact) mass is 281 g/mol. The molecule has 0 N–H and O–H groups in total. The van der Waals surface area contributed by atoms with Crippen LogP contribution in [0.2, 0.25) is 0 Å². The molecule has 0 atom stereocenters. The van der Waals surface area contributed by atoms with Crippen molar-refractivity contribution in [1.29, 1.82) is 0 Å². The molecule has 1 amide bonds. The number of benzene rings is 1. The van der Waals surface area contributed by atoms with Crippen molar-refractivity contribution in [3.8, 4) is 11.5 Å². The van der Waals surface area contributed by atoms with Gasteiger partial charge in [0.25, 0.3) is 0 Å². The molecule has 104 valence electrons. The minimum atomic E-state index is -0.381. The highest BCUT2D eigenvalue weighted by Gasteiger charge is 2.33. The van der Waals surface area contributed by atoms with Crippen LogP contribution in [0.4, 0.5) is 4.79 Å². The van der Waals surface area contributed by atoms with Gasteiger partial charge in [0.15, 0.2) is 11.5 Å². The number of amides is 1. The normalized spacial score (nSPS) is 15.6. The van der Waals surface area contributed by atoms with E-state index in [-0.39, 0.29) is 11.7 Å². The molecule has 1 aromatic carbocycles. The molecule has 0 radical (unpaired) electrons. The van der Waals surface area contributed by atoms with Crippen molar-refractivity contribution >= 4 is 18.0 Å². The van der Waals surface area contributed by atoms with Gasteiger partial charge in [0.2, 0.25) is 0 Å². The molecule has 1 aliphatic heterocycles. The lowest BCUT2D eigenvalue weighted by atomic mass is 10.0. The molecule has 0 aromatic heterocycles. The Labute approximate surface area is 118 Å². The van der Waals surface area contributed by atoms with Gasteiger partial charge in [0.05, 0.1) is 0 Å². The summed E-state index contributed by atoms with van der Waals surface area (Å²) in [5, 5.41) is 0. The largest absolute Gasteiger partial charge is 0.483 e. The van der Waals surface area contributed by atoms with Crippen LogP contribution in [0.25, 0.3) is 0 Å². The first-order valence-corrected chi connectivity index (χ1v) is 7.26. The maximum atomic E-state index is 11.9. The van der Waals surface area contributed by atoms with E-state index < -0.39 is 0 Å². The summed E-state index contributed by atoms with van der Waals surface area (Å²) in [7, 11) is 1.70. The zero-order valence-corrected chi connectivity index (χ0v) is 12.5. The van der Waals surface area contributed by atoms with E-state index in [4.69, 9.17) is 9.47 Å². The second-order valence-electron chi connectivity index (χ2n) is 5.07. The van der Waals surface area contributed by atoms with Crippen LogP contribution in [0.3, 0.4) is 0 Å². The van der Waals surface area contributed by atoms with Crippen LogP contribution in [0.5, 0.6) is 11.5 Å². The van der Waals surface area contributed by atoms with Gasteiger partial charge in [-0.25, -0.2) is 4.79 Å². The standard InChI is InChI=1S/C14H19NO3S/c1-5-19-15(4)13(16)17-11-8-6-7-10-9-14(2,3)18-12(10)11/h6-8H,5,9H2,1-4H3. The van der Waals surface area contributed by atoms with Crippen molar-refractivity contribution in [2.45, 2.75) is 32.8 Å². The summed E-state index contributed by atoms with van der Waals surface area (Å²) < 4.78 is 12.8. The minimum absolute atomic E-state index is 0.241. The number of carbonyl (C=O) groups excluding carboxylic acids is 1. The number of ether oxygens (including phenoxy) is 2. The molecular weight excluding hydrogens is 262 g/mol. The maximum Gasteiger partial charge on any atom is 0.425 e. The van der Waals surface area contributed by atoms with Gasteiger partial charge in [-0.2, -0.15) is 0 Å². The predicted molar refractivity (Wildman–Crippen MR) is 76.8 cm³/mol. The SMILES string of the molecule is CCSN(C)C(=O)Oc1cccc2c1OC(C)(C)C2. The summed E-state index contributed by atoms with van der Waals surface area (Å²) in [6.07, 6.45) is 0.446. The van der Waals surface area contributed by atoms with E-state index in [2.05, 4.69) is 0 Å². The van der Waals surface area contributed by atoms with Gasteiger partial charge in [-0.3, -0.25) is 4.31 Å². The topological polar surface area (TPSA) is 38.8 Å². The number of carbonyl (C=O) groups is 1. The second-order valence-corrected chi connectivity index (χ2v) is 6.45. The highest BCUT2D eigenvalue weighted by Crippen LogP contribution is 2.41. The van der Waals surface area contributed by atoms with E-state index in [1.807, 2.05) is 32.9 Å². The maximum absolute atomic E-state index is 11.9. The number of hydrogen-bond donors (Lipinski definition) is 0. The fourth-order valence-corrected chi connectivity index (χ4v) is 2.60. The Morgan fingerprint density at radius 2 is 2.26 bits per heavy atom. The van der Waals surface area contributed by atoms with E-state index in [1.54, 1.807) is 13.1 Å². The quantitative estimate of drug-likeness (QED) is 0.795. The Bertz CT molecular complexity index is 488. The minimum Gasteiger partial charge on any atom is -0.483 e. The summed E-state index contributed by atoms with van der Waals surface area (Å²) in [6, 6.07) is 5.66. The van der Waals surface area contributed by atoms with Crippen LogP contribution in [-0.4, -0.2) is 28.8 Å². The summed E-state index contributed by atoms with van der Waals surface area (Å²) in [4.78, 5) is 11.9. The third-order valence-corrected chi connectivity index (χ3v) is 3.63. The second kappa shape index (κ2) is 5.33. The molecule has 5 heteroatoms. The lowest BCUT2D eigenvalue weighted by molar-refractivity contribution is 0.132. The molecule has 0 saturated carbocycles. The zero-order valence-electron chi connectivity index (χ0n) is 11.7. The molecule has 0 fully saturated rings. The Hall–Kier alpha value is -1.36. The summed E-state index contributed by atoms with van der Waals surface area (Å²) >= 11 is 1.41. The molecule has 1 aliphatic rings. The lowest BCUT2D eigenvalue weighted by Crippen LogP contribution is -2.26. The molecule has 0 aliphatic carbocycles. The third-order valence-electron chi connectivity index (χ3n) is 2.83. The predicted octanol–water partition coefficient (Wildman–Crippen LogP) is 3.50. The van der Waals surface area contributed by atoms with Gasteiger partial charge in [0, 0.05) is 24.8 Å². The number of nitrogens with zero attached hydrogens (tertiary/aromatic N) is 1. The summed E-state index contributed by atoms with van der Waals surface area (Å²) in [5.41, 5.74) is 0.843. The average Bonchev–Trinajstić information content (AvgIpc) is 2.64. The van der Waals surface area contributed by atoms with Gasteiger partial charge >= 0.3 is 6.09 Å². The van der Waals surface area contributed by atoms with Crippen molar-refractivity contribution < 1.29 is 14.3 Å². The van der Waals surface area contributed by atoms with E-state index in [0.717, 1.165) is 17.7 Å². The van der Waals surface area contributed by atoms with Crippen LogP contribution < -0.4 is 9.47 Å². The van der Waals surface area contributed by atoms with Crippen molar-refractivity contribution in [3.05, 3.63) is 23.8 Å². The molecule has 0 bridgehead atoms. The van der Waals surface area contributed by atoms with E-state index in [9.17, 15) is 4.79 Å². The van der Waals surface area contributed by atoms with Gasteiger partial charge in [0.1, 0.15) is 5.60 Å². The Morgan fingerprint density at radius 1 is 1.53 bits per heavy atom. The van der Waals surface area contributed by atoms with Crippen molar-refractivity contribution in [2.75, 3.05) is 12.8 Å². The Balaban J connectivity index is 2.16. The van der Waals surface area contributed by atoms with E-state index in [1.165, 1.54) is 16.3 Å². The van der Waals surface area contributed by atoms with Crippen LogP contribution in [0.1, 0.15) is 26.3 Å². The van der Waals surface area contributed by atoms with Gasteiger partial charge in [-0.15, -0.1) is 0 Å². The molecule has 0 spiro atoms. The fourth-order valence-electron chi connectivity index (χ4n) is 2.07. The Kier molecular flexibility index (Phi) is 3.94. The summed E-state index contributed by atoms with van der Waals surface area (Å²) in [5.74, 6) is 2.01. The molecule has 19 heavy (non-hydrogen) atoms. The number of fused-ring (bicyclic) bond motifs is 1. The molecule has 0 saturated heterocycles. The van der Waals surface area contributed by atoms with Crippen LogP contribution in [0.15, 0.2) is 18.2 Å². The fraction of sp³-hybridized carbons (Fsp3) is 0.500. The molecule has 2 rings (SSSR count). The summed E-state index contributed by atoms with van der Waals surface area (Å²) in [6.45, 7) is 6.04. The lowest BCUT2D eigenvalue weighted by Gasteiger charge is -2.19. The molecule has 0 unspecified atom stereocenters. The highest BCUT2D eigenvalue weighted by molar-refractivity contribution is 7.97. The van der Waals surface area contributed by atoms with Crippen molar-refractivity contribution in [2.24, 2.45) is 0 Å². The zero-order chi connectivity index (χ0) is 14.0. The van der Waals surface area contributed by atoms with E-state index in [0.29, 0.717) is 11.5 Å². The molecular formula is C14H19NO3S. The van der Waals surface area contributed by atoms with Crippen LogP contribution >= 0.6 is 11.9 Å². The van der Waals surface area contributed by atoms with Gasteiger partial charge < -0.3 is 9.47 Å². The van der Waals surface area contributed by atoms with Crippen LogP contribution in [0, 0.1) is 0 Å². The molecule has 4 nitrogen and oxygen atoms in total. The van der Waals surface area contributed by atoms with Crippen molar-refractivity contribution in [3.63, 3.8) is 0 Å². The molecule has 1 aromatic rings. The number of hydrogen-bond acceptors (Lipinski definition) is 4. The van der Waals surface area contributed by atoms with Gasteiger partial charge in [-0.05, 0) is 31.9 Å². The number of rotatable bonds is 3. The third kappa shape index (κ3) is 3.15. The average molecular weight is 281 g/mol. The smallest absolute Gasteiger partial charge is 0.425 e. The first-order chi connectivity index (χ1) is 8.93. The highest BCUT2D eigenvalue weighted by atomic mass is 32.2. The first kappa shape index (κ1) is 14.1. The first-order valence-electron chi connectivity index (χ1n) is 6.32. The Morgan fingerprint density at radius 3 is 2.95 bits per heavy atom.